The summed E-state index contributed by atoms with van der Waals surface area (Å²) < 4.78 is 27.9. The van der Waals surface area contributed by atoms with Gasteiger partial charge >= 0.3 is 0 Å². The highest BCUT2D eigenvalue weighted by molar-refractivity contribution is 7.90. The minimum atomic E-state index is -3.80. The van der Waals surface area contributed by atoms with Gasteiger partial charge in [-0.05, 0) is 42.3 Å². The average Bonchev–Trinajstić information content (AvgIpc) is 2.43. The van der Waals surface area contributed by atoms with Crippen molar-refractivity contribution in [3.8, 4) is 0 Å². The van der Waals surface area contributed by atoms with Crippen LogP contribution in [0.25, 0.3) is 0 Å². The molecule has 0 atom stereocenters. The number of benzene rings is 1. The van der Waals surface area contributed by atoms with Crippen molar-refractivity contribution in [1.29, 1.82) is 0 Å². The molecule has 1 aromatic rings. The summed E-state index contributed by atoms with van der Waals surface area (Å²) in [5.74, 6) is -0.365. The molecular formula is C14H12ClNO3S. The molecule has 2 rings (SSSR count). The molecule has 6 heteroatoms. The van der Waals surface area contributed by atoms with Gasteiger partial charge in [-0.15, -0.1) is 0 Å². The van der Waals surface area contributed by atoms with Gasteiger partial charge in [-0.25, -0.2) is 0 Å². The topological polar surface area (TPSA) is 63.6 Å². The number of sulfonamides is 1. The van der Waals surface area contributed by atoms with Crippen LogP contribution < -0.4 is 0 Å². The molecule has 0 saturated carbocycles. The van der Waals surface area contributed by atoms with Crippen LogP contribution in [0.4, 0.5) is 0 Å². The Hall–Kier alpha value is -1.72. The Labute approximate surface area is 122 Å². The van der Waals surface area contributed by atoms with Crippen LogP contribution in [-0.2, 0) is 21.2 Å². The molecule has 1 aliphatic rings. The first-order chi connectivity index (χ1) is 9.42. The predicted molar refractivity (Wildman–Crippen MR) is 78.5 cm³/mol. The molecule has 4 nitrogen and oxygen atoms in total. The lowest BCUT2D eigenvalue weighted by molar-refractivity contribution is -0.110. The van der Waals surface area contributed by atoms with Gasteiger partial charge in [0.05, 0.1) is 15.6 Å². The monoisotopic (exact) mass is 309 g/mol. The maximum atomic E-state index is 12.1. The Morgan fingerprint density at radius 2 is 1.80 bits per heavy atom. The van der Waals surface area contributed by atoms with Crippen LogP contribution in [0.2, 0.25) is 0 Å². The average molecular weight is 310 g/mol. The predicted octanol–water partition coefficient (Wildman–Crippen LogP) is 2.64. The summed E-state index contributed by atoms with van der Waals surface area (Å²) in [6.45, 7) is 1.99. The van der Waals surface area contributed by atoms with Crippen molar-refractivity contribution >= 4 is 33.1 Å². The van der Waals surface area contributed by atoms with Crippen LogP contribution in [0.15, 0.2) is 56.8 Å². The number of aryl methyl sites for hydroxylation is 1. The summed E-state index contributed by atoms with van der Waals surface area (Å²) in [5, 5.41) is -0.0530. The van der Waals surface area contributed by atoms with E-state index in [9.17, 15) is 13.2 Å². The number of ketones is 1. The molecular weight excluding hydrogens is 298 g/mol. The SMILES string of the molecule is CCc1ccc(S(=O)(=O)N=C2C=CC(=O)C(Cl)=C2)cc1. The Kier molecular flexibility index (Phi) is 4.20. The molecule has 1 aliphatic carbocycles. The van der Waals surface area contributed by atoms with Gasteiger partial charge in [0.15, 0.2) is 5.78 Å². The summed E-state index contributed by atoms with van der Waals surface area (Å²) in [4.78, 5) is 11.3. The van der Waals surface area contributed by atoms with Crippen LogP contribution in [0.5, 0.6) is 0 Å². The van der Waals surface area contributed by atoms with Crippen molar-refractivity contribution in [2.24, 2.45) is 4.40 Å². The van der Waals surface area contributed by atoms with E-state index in [-0.39, 0.29) is 21.4 Å². The van der Waals surface area contributed by atoms with Crippen molar-refractivity contribution in [1.82, 2.24) is 0 Å². The first kappa shape index (κ1) is 14.7. The van der Waals surface area contributed by atoms with E-state index in [1.165, 1.54) is 30.4 Å². The van der Waals surface area contributed by atoms with E-state index in [4.69, 9.17) is 11.6 Å². The van der Waals surface area contributed by atoms with Crippen LogP contribution >= 0.6 is 11.6 Å². The van der Waals surface area contributed by atoms with Gasteiger partial charge in [-0.3, -0.25) is 4.79 Å². The molecule has 1 aromatic carbocycles. The van der Waals surface area contributed by atoms with E-state index in [1.807, 2.05) is 6.92 Å². The summed E-state index contributed by atoms with van der Waals surface area (Å²) in [5.41, 5.74) is 1.18. The van der Waals surface area contributed by atoms with E-state index >= 15 is 0 Å². The van der Waals surface area contributed by atoms with Gasteiger partial charge in [0.25, 0.3) is 10.0 Å². The van der Waals surface area contributed by atoms with Gasteiger partial charge < -0.3 is 0 Å². The molecule has 0 fully saturated rings. The molecule has 0 aliphatic heterocycles. The van der Waals surface area contributed by atoms with Crippen molar-refractivity contribution in [2.45, 2.75) is 18.2 Å². The highest BCUT2D eigenvalue weighted by atomic mass is 35.5. The van der Waals surface area contributed by atoms with Crippen LogP contribution in [0.1, 0.15) is 12.5 Å². The number of hydrogen-bond donors (Lipinski definition) is 0. The van der Waals surface area contributed by atoms with Gasteiger partial charge in [0, 0.05) is 0 Å². The number of allylic oxidation sites excluding steroid dienone is 4. The number of rotatable bonds is 3. The lowest BCUT2D eigenvalue weighted by Gasteiger charge is -2.04. The van der Waals surface area contributed by atoms with Crippen molar-refractivity contribution in [2.75, 3.05) is 0 Å². The third-order valence-corrected chi connectivity index (χ3v) is 4.38. The van der Waals surface area contributed by atoms with E-state index in [2.05, 4.69) is 4.40 Å². The Balaban J connectivity index is 2.36. The summed E-state index contributed by atoms with van der Waals surface area (Å²) in [7, 11) is -3.80. The molecule has 0 spiro atoms. The lowest BCUT2D eigenvalue weighted by atomic mass is 10.2. The van der Waals surface area contributed by atoms with Crippen molar-refractivity contribution in [3.05, 3.63) is 53.1 Å². The molecule has 0 heterocycles. The fourth-order valence-corrected chi connectivity index (χ4v) is 2.79. The van der Waals surface area contributed by atoms with E-state index in [1.54, 1.807) is 12.1 Å². The molecule has 0 bridgehead atoms. The van der Waals surface area contributed by atoms with Crippen molar-refractivity contribution in [3.63, 3.8) is 0 Å². The second-order valence-corrected chi connectivity index (χ2v) is 6.19. The Morgan fingerprint density at radius 3 is 2.35 bits per heavy atom. The number of halogens is 1. The smallest absolute Gasteiger partial charge is 0.282 e. The maximum absolute atomic E-state index is 12.1. The minimum absolute atomic E-state index is 0.0530. The van der Waals surface area contributed by atoms with Gasteiger partial charge in [-0.2, -0.15) is 12.8 Å². The molecule has 0 N–H and O–H groups in total. The van der Waals surface area contributed by atoms with Gasteiger partial charge in [-0.1, -0.05) is 30.7 Å². The molecule has 0 saturated heterocycles. The fraction of sp³-hybridized carbons (Fsp3) is 0.143. The maximum Gasteiger partial charge on any atom is 0.282 e. The van der Waals surface area contributed by atoms with Gasteiger partial charge in [0.1, 0.15) is 0 Å². The normalized spacial score (nSPS) is 17.4. The largest absolute Gasteiger partial charge is 0.288 e. The number of carbonyl (C=O) groups is 1. The fourth-order valence-electron chi connectivity index (χ4n) is 1.64. The molecule has 0 radical (unpaired) electrons. The Morgan fingerprint density at radius 1 is 1.15 bits per heavy atom. The zero-order valence-corrected chi connectivity index (χ0v) is 12.3. The van der Waals surface area contributed by atoms with Crippen molar-refractivity contribution < 1.29 is 13.2 Å². The summed E-state index contributed by atoms with van der Waals surface area (Å²) in [6.07, 6.45) is 4.59. The first-order valence-corrected chi connectivity index (χ1v) is 7.77. The standard InChI is InChI=1S/C14H12ClNO3S/c1-2-10-3-6-12(7-4-10)20(18,19)16-11-5-8-14(17)13(15)9-11/h3-9H,2H2,1H3. The molecule has 0 unspecified atom stereocenters. The Bertz CT molecular complexity index is 728. The zero-order chi connectivity index (χ0) is 14.8. The third kappa shape index (κ3) is 3.23. The molecule has 20 heavy (non-hydrogen) atoms. The van der Waals surface area contributed by atoms with E-state index in [0.717, 1.165) is 12.0 Å². The second kappa shape index (κ2) is 5.73. The highest BCUT2D eigenvalue weighted by Crippen LogP contribution is 2.16. The lowest BCUT2D eigenvalue weighted by Crippen LogP contribution is -2.07. The molecule has 0 aromatic heterocycles. The first-order valence-electron chi connectivity index (χ1n) is 5.96. The van der Waals surface area contributed by atoms with E-state index in [0.29, 0.717) is 0 Å². The number of hydrogen-bond acceptors (Lipinski definition) is 3. The van der Waals surface area contributed by atoms with Crippen LogP contribution in [0, 0.1) is 0 Å². The summed E-state index contributed by atoms with van der Waals surface area (Å²) >= 11 is 5.66. The third-order valence-electron chi connectivity index (χ3n) is 2.77. The van der Waals surface area contributed by atoms with E-state index < -0.39 is 10.0 Å². The van der Waals surface area contributed by atoms with Crippen LogP contribution in [-0.4, -0.2) is 19.9 Å². The highest BCUT2D eigenvalue weighted by Gasteiger charge is 2.15. The quantitative estimate of drug-likeness (QED) is 0.806. The molecule has 104 valence electrons. The number of carbonyl (C=O) groups excluding carboxylic acids is 1. The second-order valence-electron chi connectivity index (χ2n) is 4.18. The molecule has 0 amide bonds. The van der Waals surface area contributed by atoms with Crippen LogP contribution in [0.3, 0.4) is 0 Å². The van der Waals surface area contributed by atoms with Gasteiger partial charge in [0.2, 0.25) is 0 Å². The minimum Gasteiger partial charge on any atom is -0.288 e. The zero-order valence-electron chi connectivity index (χ0n) is 10.7. The summed E-state index contributed by atoms with van der Waals surface area (Å²) in [6, 6.07) is 6.52. The number of nitrogens with zero attached hydrogens (tertiary/aromatic N) is 1.